The number of piperidine rings is 1. The van der Waals surface area contributed by atoms with Crippen LogP contribution in [-0.2, 0) is 54.2 Å². The number of aliphatic hydroxyl groups is 1. The molecule has 69 heavy (non-hydrogen) atoms. The Morgan fingerprint density at radius 2 is 1.41 bits per heavy atom. The summed E-state index contributed by atoms with van der Waals surface area (Å²) >= 11 is 0. The van der Waals surface area contributed by atoms with Crippen LogP contribution in [0.3, 0.4) is 0 Å². The first kappa shape index (κ1) is 49.9. The first-order valence-corrected chi connectivity index (χ1v) is 21.9. The number of hydrogen-bond acceptors (Lipinski definition) is 14. The van der Waals surface area contributed by atoms with Gasteiger partial charge < -0.3 is 54.6 Å². The Bertz CT molecular complexity index is 2610. The number of H-pyrrole nitrogens is 1. The first-order chi connectivity index (χ1) is 33.2. The van der Waals surface area contributed by atoms with Gasteiger partial charge in [0.05, 0.1) is 70.6 Å². The molecule has 0 radical (unpaired) electrons. The van der Waals surface area contributed by atoms with Crippen molar-refractivity contribution in [3.05, 3.63) is 94.7 Å². The molecule has 7 rings (SSSR count). The summed E-state index contributed by atoms with van der Waals surface area (Å²) in [6, 6.07) is 12.4. The van der Waals surface area contributed by atoms with Crippen molar-refractivity contribution in [2.75, 3.05) is 89.4 Å². The minimum Gasteiger partial charge on any atom is -0.377 e. The lowest BCUT2D eigenvalue weighted by atomic mass is 10.0. The maximum absolute atomic E-state index is 13.5. The van der Waals surface area contributed by atoms with Gasteiger partial charge in [0.1, 0.15) is 30.0 Å². The molecule has 8 amide bonds. The van der Waals surface area contributed by atoms with E-state index in [0.717, 1.165) is 17.0 Å². The van der Waals surface area contributed by atoms with Gasteiger partial charge in [-0.05, 0) is 66.6 Å². The molecule has 3 aliphatic heterocycles. The van der Waals surface area contributed by atoms with Crippen molar-refractivity contribution in [1.82, 2.24) is 25.8 Å². The zero-order valence-electron chi connectivity index (χ0n) is 37.1. The molecule has 0 aliphatic carbocycles. The van der Waals surface area contributed by atoms with E-state index in [0.29, 0.717) is 49.1 Å². The van der Waals surface area contributed by atoms with Gasteiger partial charge >= 0.3 is 0 Å². The van der Waals surface area contributed by atoms with Crippen molar-refractivity contribution in [1.29, 1.82) is 0 Å². The van der Waals surface area contributed by atoms with Crippen molar-refractivity contribution in [3.63, 3.8) is 0 Å². The molecule has 3 aliphatic rings. The SMILES string of the molecule is O=C1CCC(N2C(=O)c3ccc(NC(=O)COCCOCCOCCOCCOCCNC(=O)c4cc5cc(N6CC[C@](O)(C(=O)NCc7cc(F)cc(F)c7)C6=O)ccc5[nH]4)cc3C2=O)C(=O)N1. The fraction of sp³-hybridized carbons (Fsp3) is 0.391. The maximum atomic E-state index is 13.5. The maximum Gasteiger partial charge on any atom is 0.268 e. The number of rotatable bonds is 24. The van der Waals surface area contributed by atoms with Crippen LogP contribution in [0, 0.1) is 11.6 Å². The lowest BCUT2D eigenvalue weighted by Crippen LogP contribution is -2.54. The number of imide groups is 2. The number of carbonyl (C=O) groups excluding carboxylic acids is 8. The summed E-state index contributed by atoms with van der Waals surface area (Å²) in [5, 5.41) is 21.5. The smallest absolute Gasteiger partial charge is 0.268 e. The molecule has 4 aromatic rings. The van der Waals surface area contributed by atoms with Crippen LogP contribution in [0.1, 0.15) is 56.0 Å². The number of amides is 8. The van der Waals surface area contributed by atoms with E-state index in [4.69, 9.17) is 23.7 Å². The van der Waals surface area contributed by atoms with Crippen molar-refractivity contribution >= 4 is 69.5 Å². The summed E-state index contributed by atoms with van der Waals surface area (Å²) < 4.78 is 54.3. The third kappa shape index (κ3) is 12.4. The Labute approximate surface area is 392 Å². The van der Waals surface area contributed by atoms with E-state index in [1.165, 1.54) is 23.1 Å². The molecule has 2 atom stereocenters. The standard InChI is InChI=1S/C46H49F2N7O14/c47-29-19-27(20-30(48)23-29)25-50-44(62)46(64)7-9-54(45(46)63)32-2-4-35-28(21-32)22-36(52-35)40(58)49-8-10-65-11-12-66-13-14-67-15-16-68-17-18-69-26-39(57)51-31-1-3-33-34(24-31)43(61)55(42(33)60)37-5-6-38(56)53-41(37)59/h1-4,19-24,37,52,64H,5-18,25-26H2,(H,49,58)(H,50,62)(H,51,57)(H,53,56,59)/t37?,46-/m0/s1. The highest BCUT2D eigenvalue weighted by atomic mass is 19.1. The van der Waals surface area contributed by atoms with E-state index in [-0.39, 0.29) is 113 Å². The molecule has 1 unspecified atom stereocenters. The molecule has 366 valence electrons. The number of benzene rings is 3. The summed E-state index contributed by atoms with van der Waals surface area (Å²) in [7, 11) is 0. The quantitative estimate of drug-likeness (QED) is 0.0326. The van der Waals surface area contributed by atoms with Crippen LogP contribution in [0.2, 0.25) is 0 Å². The normalized spacial score (nSPS) is 18.0. The summed E-state index contributed by atoms with van der Waals surface area (Å²) in [6.07, 6.45) is -0.169. The van der Waals surface area contributed by atoms with E-state index in [9.17, 15) is 52.2 Å². The zero-order valence-corrected chi connectivity index (χ0v) is 37.1. The lowest BCUT2D eigenvalue weighted by molar-refractivity contribution is -0.149. The van der Waals surface area contributed by atoms with Gasteiger partial charge in [0, 0.05) is 60.8 Å². The zero-order chi connectivity index (χ0) is 49.1. The fourth-order valence-corrected chi connectivity index (χ4v) is 7.74. The van der Waals surface area contributed by atoms with Gasteiger partial charge in [-0.25, -0.2) is 8.78 Å². The van der Waals surface area contributed by atoms with Crippen LogP contribution < -0.4 is 26.2 Å². The van der Waals surface area contributed by atoms with Gasteiger partial charge in [0.15, 0.2) is 0 Å². The molecule has 3 aromatic carbocycles. The fourth-order valence-electron chi connectivity index (χ4n) is 7.74. The molecule has 0 spiro atoms. The van der Waals surface area contributed by atoms with Crippen molar-refractivity contribution in [2.45, 2.75) is 37.5 Å². The van der Waals surface area contributed by atoms with Gasteiger partial charge in [-0.15, -0.1) is 0 Å². The lowest BCUT2D eigenvalue weighted by Gasteiger charge is -2.27. The van der Waals surface area contributed by atoms with E-state index >= 15 is 0 Å². The molecule has 4 heterocycles. The third-order valence-corrected chi connectivity index (χ3v) is 11.2. The van der Waals surface area contributed by atoms with Crippen LogP contribution in [0.5, 0.6) is 0 Å². The average Bonchev–Trinajstić information content (AvgIpc) is 3.96. The number of aromatic nitrogens is 1. The van der Waals surface area contributed by atoms with E-state index in [1.807, 2.05) is 0 Å². The van der Waals surface area contributed by atoms with Crippen LogP contribution >= 0.6 is 0 Å². The second-order valence-electron chi connectivity index (χ2n) is 16.0. The molecule has 0 saturated carbocycles. The van der Waals surface area contributed by atoms with E-state index < -0.39 is 64.6 Å². The average molecular weight is 962 g/mol. The van der Waals surface area contributed by atoms with E-state index in [2.05, 4.69) is 26.3 Å². The summed E-state index contributed by atoms with van der Waals surface area (Å²) in [5.74, 6) is -6.89. The predicted molar refractivity (Wildman–Crippen MR) is 237 cm³/mol. The number of aromatic amines is 1. The second kappa shape index (κ2) is 22.9. The van der Waals surface area contributed by atoms with Gasteiger partial charge in [0.25, 0.3) is 29.5 Å². The van der Waals surface area contributed by atoms with Crippen LogP contribution in [0.15, 0.2) is 60.7 Å². The van der Waals surface area contributed by atoms with Gasteiger partial charge in [-0.2, -0.15) is 0 Å². The molecule has 2 saturated heterocycles. The molecule has 6 N–H and O–H groups in total. The summed E-state index contributed by atoms with van der Waals surface area (Å²) in [5.41, 5.74) is -0.582. The summed E-state index contributed by atoms with van der Waals surface area (Å²) in [6.45, 7) is 2.00. The Morgan fingerprint density at radius 1 is 0.754 bits per heavy atom. The molecule has 0 bridgehead atoms. The number of hydrogen-bond donors (Lipinski definition) is 6. The predicted octanol–water partition coefficient (Wildman–Crippen LogP) is 1.08. The Morgan fingerprint density at radius 3 is 2.09 bits per heavy atom. The monoisotopic (exact) mass is 961 g/mol. The molecular formula is C46H49F2N7O14. The van der Waals surface area contributed by atoms with Crippen LogP contribution in [0.4, 0.5) is 20.2 Å². The molecule has 2 fully saturated rings. The van der Waals surface area contributed by atoms with Crippen LogP contribution in [-0.4, -0.2) is 153 Å². The number of halogens is 2. The third-order valence-electron chi connectivity index (χ3n) is 11.2. The highest BCUT2D eigenvalue weighted by Crippen LogP contribution is 2.32. The van der Waals surface area contributed by atoms with Gasteiger partial charge in [0.2, 0.25) is 23.3 Å². The van der Waals surface area contributed by atoms with Gasteiger partial charge in [-0.3, -0.25) is 48.6 Å². The Kier molecular flexibility index (Phi) is 16.5. The largest absolute Gasteiger partial charge is 0.377 e. The van der Waals surface area contributed by atoms with Crippen molar-refractivity contribution in [2.24, 2.45) is 0 Å². The highest BCUT2D eigenvalue weighted by molar-refractivity contribution is 6.24. The van der Waals surface area contributed by atoms with E-state index in [1.54, 1.807) is 24.3 Å². The first-order valence-electron chi connectivity index (χ1n) is 21.9. The number of nitrogens with one attached hydrogen (secondary N) is 5. The molecule has 1 aromatic heterocycles. The van der Waals surface area contributed by atoms with Crippen LogP contribution in [0.25, 0.3) is 10.9 Å². The minimum absolute atomic E-state index is 0.00492. The van der Waals surface area contributed by atoms with Gasteiger partial charge in [-0.1, -0.05) is 0 Å². The number of fused-ring (bicyclic) bond motifs is 2. The number of anilines is 2. The molecular weight excluding hydrogens is 913 g/mol. The van der Waals surface area contributed by atoms with Crippen molar-refractivity contribution in [3.8, 4) is 0 Å². The molecule has 21 nitrogen and oxygen atoms in total. The Hall–Kier alpha value is -7.02. The minimum atomic E-state index is -2.38. The topological polar surface area (TPSA) is 273 Å². The number of carbonyl (C=O) groups is 8. The number of ether oxygens (including phenoxy) is 5. The highest BCUT2D eigenvalue weighted by Gasteiger charge is 2.52. The number of nitrogens with zero attached hydrogens (tertiary/aromatic N) is 2. The van der Waals surface area contributed by atoms with Crippen molar-refractivity contribution < 1.29 is 75.9 Å². The Balaban J connectivity index is 0.684. The summed E-state index contributed by atoms with van der Waals surface area (Å²) in [4.78, 5) is 106. The molecule has 23 heteroatoms. The second-order valence-corrected chi connectivity index (χ2v) is 16.0.